The van der Waals surface area contributed by atoms with Crippen LogP contribution < -0.4 is 15.2 Å². The number of para-hydroxylation sites is 2. The van der Waals surface area contributed by atoms with E-state index in [4.69, 9.17) is 13.9 Å². The van der Waals surface area contributed by atoms with Crippen molar-refractivity contribution in [3.63, 3.8) is 0 Å². The Bertz CT molecular complexity index is 969. The van der Waals surface area contributed by atoms with Crippen molar-refractivity contribution in [3.05, 3.63) is 58.6 Å². The molecule has 6 heteroatoms. The fraction of sp³-hybridized carbons (Fsp3) is 0.381. The molecule has 3 aromatic rings. The number of benzene rings is 2. The molecule has 0 N–H and O–H groups in total. The van der Waals surface area contributed by atoms with E-state index < -0.39 is 0 Å². The second-order valence-electron chi connectivity index (χ2n) is 6.96. The van der Waals surface area contributed by atoms with Gasteiger partial charge in [-0.2, -0.15) is 0 Å². The van der Waals surface area contributed by atoms with Crippen LogP contribution in [0, 0.1) is 0 Å². The number of piperidine rings is 1. The molecule has 142 valence electrons. The van der Waals surface area contributed by atoms with Gasteiger partial charge in [-0.1, -0.05) is 12.1 Å². The van der Waals surface area contributed by atoms with Crippen molar-refractivity contribution in [1.29, 1.82) is 0 Å². The van der Waals surface area contributed by atoms with Gasteiger partial charge in [0.2, 0.25) is 0 Å². The number of aromatic nitrogens is 1. The topological polar surface area (TPSA) is 56.8 Å². The predicted molar refractivity (Wildman–Crippen MR) is 104 cm³/mol. The van der Waals surface area contributed by atoms with Gasteiger partial charge in [-0.25, -0.2) is 4.79 Å². The average Bonchev–Trinajstić information content (AvgIpc) is 3.03. The minimum absolute atomic E-state index is 0.113. The Hall–Kier alpha value is -2.73. The summed E-state index contributed by atoms with van der Waals surface area (Å²) < 4.78 is 18.0. The summed E-state index contributed by atoms with van der Waals surface area (Å²) in [6.45, 7) is 2.60. The van der Waals surface area contributed by atoms with Crippen LogP contribution >= 0.6 is 0 Å². The molecule has 0 unspecified atom stereocenters. The van der Waals surface area contributed by atoms with Crippen molar-refractivity contribution in [2.24, 2.45) is 0 Å². The van der Waals surface area contributed by atoms with E-state index in [0.717, 1.165) is 55.1 Å². The SMILES string of the molecule is COc1cc(CN2CCC[C@H](n3c(=O)oc4ccccc43)C2)cc(OC)c1. The van der Waals surface area contributed by atoms with E-state index in [1.165, 1.54) is 0 Å². The molecule has 0 saturated carbocycles. The lowest BCUT2D eigenvalue weighted by molar-refractivity contribution is 0.167. The van der Waals surface area contributed by atoms with Crippen LogP contribution in [0.25, 0.3) is 11.1 Å². The highest BCUT2D eigenvalue weighted by molar-refractivity contribution is 5.72. The molecule has 4 rings (SSSR count). The van der Waals surface area contributed by atoms with E-state index in [1.54, 1.807) is 14.2 Å². The third kappa shape index (κ3) is 3.57. The number of fused-ring (bicyclic) bond motifs is 1. The number of ether oxygens (including phenoxy) is 2. The van der Waals surface area contributed by atoms with E-state index in [1.807, 2.05) is 47.0 Å². The number of rotatable bonds is 5. The Morgan fingerprint density at radius 3 is 2.59 bits per heavy atom. The summed E-state index contributed by atoms with van der Waals surface area (Å²) in [6.07, 6.45) is 2.01. The zero-order valence-corrected chi connectivity index (χ0v) is 15.7. The van der Waals surface area contributed by atoms with Crippen molar-refractivity contribution in [2.75, 3.05) is 27.3 Å². The van der Waals surface area contributed by atoms with Gasteiger partial charge in [0.05, 0.1) is 25.8 Å². The lowest BCUT2D eigenvalue weighted by Crippen LogP contribution is -2.38. The molecule has 27 heavy (non-hydrogen) atoms. The van der Waals surface area contributed by atoms with E-state index in [0.29, 0.717) is 5.58 Å². The summed E-state index contributed by atoms with van der Waals surface area (Å²) in [5.41, 5.74) is 2.66. The summed E-state index contributed by atoms with van der Waals surface area (Å²) in [5.74, 6) is 1.30. The molecule has 0 aliphatic carbocycles. The lowest BCUT2D eigenvalue weighted by atomic mass is 10.0. The predicted octanol–water partition coefficient (Wildman–Crippen LogP) is 3.45. The van der Waals surface area contributed by atoms with Crippen LogP contribution in [0.15, 0.2) is 51.7 Å². The Kier molecular flexibility index (Phi) is 4.90. The van der Waals surface area contributed by atoms with Gasteiger partial charge < -0.3 is 13.9 Å². The van der Waals surface area contributed by atoms with Crippen LogP contribution in [0.3, 0.4) is 0 Å². The molecule has 1 atom stereocenters. The van der Waals surface area contributed by atoms with E-state index >= 15 is 0 Å². The van der Waals surface area contributed by atoms with Crippen LogP contribution in [0.1, 0.15) is 24.4 Å². The van der Waals surface area contributed by atoms with Crippen molar-refractivity contribution >= 4 is 11.1 Å². The van der Waals surface area contributed by atoms with Crippen molar-refractivity contribution in [1.82, 2.24) is 9.47 Å². The molecule has 2 heterocycles. The van der Waals surface area contributed by atoms with Crippen molar-refractivity contribution in [2.45, 2.75) is 25.4 Å². The summed E-state index contributed by atoms with van der Waals surface area (Å²) >= 11 is 0. The third-order valence-corrected chi connectivity index (χ3v) is 5.18. The summed E-state index contributed by atoms with van der Waals surface area (Å²) in [6, 6.07) is 13.7. The molecule has 1 aromatic heterocycles. The van der Waals surface area contributed by atoms with Gasteiger partial charge in [0.25, 0.3) is 0 Å². The zero-order valence-electron chi connectivity index (χ0n) is 15.7. The maximum atomic E-state index is 12.4. The Morgan fingerprint density at radius 2 is 1.85 bits per heavy atom. The fourth-order valence-corrected chi connectivity index (χ4v) is 3.93. The van der Waals surface area contributed by atoms with Crippen LogP contribution in [0.5, 0.6) is 11.5 Å². The van der Waals surface area contributed by atoms with Crippen molar-refractivity contribution < 1.29 is 13.9 Å². The third-order valence-electron chi connectivity index (χ3n) is 5.18. The molecule has 0 amide bonds. The number of hydrogen-bond acceptors (Lipinski definition) is 5. The van der Waals surface area contributed by atoms with Crippen LogP contribution in [-0.4, -0.2) is 36.8 Å². The number of likely N-dealkylation sites (tertiary alicyclic amines) is 1. The first-order valence-corrected chi connectivity index (χ1v) is 9.22. The van der Waals surface area contributed by atoms with Gasteiger partial charge in [0.1, 0.15) is 11.5 Å². The number of hydrogen-bond donors (Lipinski definition) is 0. The molecule has 1 saturated heterocycles. The monoisotopic (exact) mass is 368 g/mol. The fourth-order valence-electron chi connectivity index (χ4n) is 3.93. The highest BCUT2D eigenvalue weighted by Crippen LogP contribution is 2.28. The van der Waals surface area contributed by atoms with Gasteiger partial charge in [-0.05, 0) is 49.2 Å². The van der Waals surface area contributed by atoms with Gasteiger partial charge in [0, 0.05) is 19.2 Å². The lowest BCUT2D eigenvalue weighted by Gasteiger charge is -2.33. The summed E-state index contributed by atoms with van der Waals surface area (Å²) in [7, 11) is 3.32. The van der Waals surface area contributed by atoms with Gasteiger partial charge in [-0.15, -0.1) is 0 Å². The largest absolute Gasteiger partial charge is 0.497 e. The van der Waals surface area contributed by atoms with Crippen LogP contribution in [0.2, 0.25) is 0 Å². The molecule has 0 spiro atoms. The molecule has 1 aliphatic rings. The Morgan fingerprint density at radius 1 is 1.11 bits per heavy atom. The molecule has 0 radical (unpaired) electrons. The normalized spacial score (nSPS) is 17.9. The number of methoxy groups -OCH3 is 2. The summed E-state index contributed by atoms with van der Waals surface area (Å²) in [5, 5.41) is 0. The molecule has 1 fully saturated rings. The maximum Gasteiger partial charge on any atom is 0.420 e. The van der Waals surface area contributed by atoms with E-state index in [-0.39, 0.29) is 11.8 Å². The van der Waals surface area contributed by atoms with Crippen LogP contribution in [-0.2, 0) is 6.54 Å². The number of oxazole rings is 1. The molecular formula is C21H24N2O4. The number of nitrogens with zero attached hydrogens (tertiary/aromatic N) is 2. The van der Waals surface area contributed by atoms with Gasteiger partial charge >= 0.3 is 5.76 Å². The molecule has 6 nitrogen and oxygen atoms in total. The minimum Gasteiger partial charge on any atom is -0.497 e. The zero-order chi connectivity index (χ0) is 18.8. The first-order valence-electron chi connectivity index (χ1n) is 9.22. The second-order valence-corrected chi connectivity index (χ2v) is 6.96. The highest BCUT2D eigenvalue weighted by Gasteiger charge is 2.25. The molecular weight excluding hydrogens is 344 g/mol. The average molecular weight is 368 g/mol. The molecule has 0 bridgehead atoms. The Labute approximate surface area is 157 Å². The Balaban J connectivity index is 1.57. The van der Waals surface area contributed by atoms with Gasteiger partial charge in [-0.3, -0.25) is 9.47 Å². The first kappa shape index (κ1) is 17.7. The standard InChI is InChI=1S/C21H24N2O4/c1-25-17-10-15(11-18(12-17)26-2)13-22-9-5-6-16(14-22)23-19-7-3-4-8-20(19)27-21(23)24/h3-4,7-8,10-12,16H,5-6,9,13-14H2,1-2H3/t16-/m0/s1. The van der Waals surface area contributed by atoms with Crippen molar-refractivity contribution in [3.8, 4) is 11.5 Å². The van der Waals surface area contributed by atoms with Crippen LogP contribution in [0.4, 0.5) is 0 Å². The first-order chi connectivity index (χ1) is 13.2. The minimum atomic E-state index is -0.272. The molecule has 1 aliphatic heterocycles. The van der Waals surface area contributed by atoms with Gasteiger partial charge in [0.15, 0.2) is 5.58 Å². The summed E-state index contributed by atoms with van der Waals surface area (Å²) in [4.78, 5) is 14.8. The van der Waals surface area contributed by atoms with E-state index in [2.05, 4.69) is 4.90 Å². The highest BCUT2D eigenvalue weighted by atomic mass is 16.5. The van der Waals surface area contributed by atoms with E-state index in [9.17, 15) is 4.79 Å². The smallest absolute Gasteiger partial charge is 0.420 e. The second kappa shape index (κ2) is 7.48. The quantitative estimate of drug-likeness (QED) is 0.690. The maximum absolute atomic E-state index is 12.4. The molecule has 2 aromatic carbocycles.